The summed E-state index contributed by atoms with van der Waals surface area (Å²) in [5.41, 5.74) is 7.76. The van der Waals surface area contributed by atoms with E-state index in [1.807, 2.05) is 43.3 Å². The maximum Gasteiger partial charge on any atom is 0.0637 e. The minimum absolute atomic E-state index is 0.517. The highest BCUT2D eigenvalue weighted by Gasteiger charge is 2.24. The average Bonchev–Trinajstić information content (AvgIpc) is 2.33. The van der Waals surface area contributed by atoms with Crippen LogP contribution in [-0.2, 0) is 5.54 Å². The van der Waals surface area contributed by atoms with Crippen LogP contribution in [0.4, 0.5) is 0 Å². The van der Waals surface area contributed by atoms with E-state index in [0.717, 1.165) is 15.6 Å². The van der Waals surface area contributed by atoms with E-state index in [0.29, 0.717) is 10.0 Å². The molecule has 1 nitrogen and oxygen atoms in total. The monoisotopic (exact) mass is 343 g/mol. The second kappa shape index (κ2) is 5.22. The maximum absolute atomic E-state index is 6.41. The number of halogens is 3. The summed E-state index contributed by atoms with van der Waals surface area (Å²) in [6.07, 6.45) is 0. The number of rotatable bonds is 2. The van der Waals surface area contributed by atoms with E-state index in [1.54, 1.807) is 6.07 Å². The highest BCUT2D eigenvalue weighted by molar-refractivity contribution is 9.10. The minimum Gasteiger partial charge on any atom is -0.318 e. The van der Waals surface area contributed by atoms with Gasteiger partial charge in [0, 0.05) is 4.47 Å². The third-order valence-corrected chi connectivity index (χ3v) is 4.23. The molecule has 1 unspecified atom stereocenters. The Morgan fingerprint density at radius 1 is 0.944 bits per heavy atom. The van der Waals surface area contributed by atoms with Gasteiger partial charge in [-0.25, -0.2) is 0 Å². The van der Waals surface area contributed by atoms with Crippen molar-refractivity contribution in [2.75, 3.05) is 0 Å². The van der Waals surface area contributed by atoms with Gasteiger partial charge in [0.25, 0.3) is 0 Å². The average molecular weight is 345 g/mol. The molecule has 0 fully saturated rings. The van der Waals surface area contributed by atoms with Crippen LogP contribution in [0.1, 0.15) is 18.1 Å². The normalized spacial score (nSPS) is 14.3. The Hall–Kier alpha value is -0.540. The molecule has 94 valence electrons. The largest absolute Gasteiger partial charge is 0.318 e. The first-order valence-electron chi connectivity index (χ1n) is 5.42. The Morgan fingerprint density at radius 2 is 1.50 bits per heavy atom. The van der Waals surface area contributed by atoms with E-state index in [-0.39, 0.29) is 0 Å². The highest BCUT2D eigenvalue weighted by atomic mass is 79.9. The van der Waals surface area contributed by atoms with Crippen LogP contribution in [0, 0.1) is 0 Å². The molecule has 0 bridgehead atoms. The van der Waals surface area contributed by atoms with Crippen molar-refractivity contribution < 1.29 is 0 Å². The number of nitrogens with two attached hydrogens (primary N) is 1. The summed E-state index contributed by atoms with van der Waals surface area (Å²) in [5.74, 6) is 0. The van der Waals surface area contributed by atoms with Gasteiger partial charge in [-0.3, -0.25) is 0 Å². The summed E-state index contributed by atoms with van der Waals surface area (Å²) < 4.78 is 1.02. The molecule has 2 rings (SSSR count). The van der Waals surface area contributed by atoms with Crippen LogP contribution in [0.5, 0.6) is 0 Å². The number of hydrogen-bond donors (Lipinski definition) is 1. The zero-order chi connectivity index (χ0) is 13.3. The van der Waals surface area contributed by atoms with Crippen molar-refractivity contribution in [3.8, 4) is 0 Å². The Morgan fingerprint density at radius 3 is 2.06 bits per heavy atom. The lowest BCUT2D eigenvalue weighted by molar-refractivity contribution is 0.603. The first kappa shape index (κ1) is 13.9. The molecular weight excluding hydrogens is 333 g/mol. The first-order valence-corrected chi connectivity index (χ1v) is 6.96. The fraction of sp³-hybridized carbons (Fsp3) is 0.143. The molecule has 0 aliphatic rings. The van der Waals surface area contributed by atoms with Gasteiger partial charge in [-0.2, -0.15) is 0 Å². The van der Waals surface area contributed by atoms with Crippen LogP contribution < -0.4 is 5.73 Å². The van der Waals surface area contributed by atoms with E-state index in [2.05, 4.69) is 15.9 Å². The maximum atomic E-state index is 6.41. The van der Waals surface area contributed by atoms with Crippen molar-refractivity contribution in [2.45, 2.75) is 12.5 Å². The lowest BCUT2D eigenvalue weighted by Gasteiger charge is -2.26. The molecule has 1 atom stereocenters. The van der Waals surface area contributed by atoms with Crippen LogP contribution >= 0.6 is 39.1 Å². The Kier molecular flexibility index (Phi) is 4.02. The van der Waals surface area contributed by atoms with E-state index >= 15 is 0 Å². The van der Waals surface area contributed by atoms with Gasteiger partial charge in [0.15, 0.2) is 0 Å². The zero-order valence-corrected chi connectivity index (χ0v) is 12.9. The molecule has 0 radical (unpaired) electrons. The molecule has 0 aliphatic carbocycles. The van der Waals surface area contributed by atoms with Gasteiger partial charge in [-0.1, -0.05) is 57.3 Å². The number of hydrogen-bond acceptors (Lipinski definition) is 1. The van der Waals surface area contributed by atoms with E-state index < -0.39 is 5.54 Å². The lowest BCUT2D eigenvalue weighted by Crippen LogP contribution is -2.34. The number of benzene rings is 2. The van der Waals surface area contributed by atoms with Crippen molar-refractivity contribution in [1.29, 1.82) is 0 Å². The summed E-state index contributed by atoms with van der Waals surface area (Å²) in [6.45, 7) is 1.95. The van der Waals surface area contributed by atoms with Crippen molar-refractivity contribution in [1.82, 2.24) is 0 Å². The molecule has 0 spiro atoms. The van der Waals surface area contributed by atoms with Crippen molar-refractivity contribution in [3.63, 3.8) is 0 Å². The molecule has 0 heterocycles. The third kappa shape index (κ3) is 2.72. The quantitative estimate of drug-likeness (QED) is 0.817. The molecule has 0 saturated heterocycles. The molecule has 0 aliphatic heterocycles. The predicted octanol–water partition coefficient (Wildman–Crippen LogP) is 4.98. The van der Waals surface area contributed by atoms with Crippen molar-refractivity contribution in [2.24, 2.45) is 5.73 Å². The zero-order valence-electron chi connectivity index (χ0n) is 9.75. The second-order valence-electron chi connectivity index (χ2n) is 4.34. The lowest BCUT2D eigenvalue weighted by atomic mass is 9.86. The van der Waals surface area contributed by atoms with Gasteiger partial charge in [-0.15, -0.1) is 0 Å². The van der Waals surface area contributed by atoms with E-state index in [1.165, 1.54) is 0 Å². The SMILES string of the molecule is CC(N)(c1ccc(Br)cc1)c1ccc(Cl)c(Cl)c1. The fourth-order valence-corrected chi connectivity index (χ4v) is 2.34. The molecular formula is C14H12BrCl2N. The Balaban J connectivity index is 2.46. The molecule has 2 aromatic carbocycles. The van der Waals surface area contributed by atoms with Gasteiger partial charge in [-0.05, 0) is 42.3 Å². The molecule has 0 saturated carbocycles. The first-order chi connectivity index (χ1) is 8.41. The second-order valence-corrected chi connectivity index (χ2v) is 6.07. The van der Waals surface area contributed by atoms with Gasteiger partial charge in [0.1, 0.15) is 0 Å². The summed E-state index contributed by atoms with van der Waals surface area (Å²) in [6, 6.07) is 13.4. The minimum atomic E-state index is -0.602. The summed E-state index contributed by atoms with van der Waals surface area (Å²) in [5, 5.41) is 1.05. The van der Waals surface area contributed by atoms with Gasteiger partial charge < -0.3 is 5.73 Å². The smallest absolute Gasteiger partial charge is 0.0637 e. The molecule has 0 amide bonds. The van der Waals surface area contributed by atoms with Crippen LogP contribution in [0.2, 0.25) is 10.0 Å². The molecule has 4 heteroatoms. The van der Waals surface area contributed by atoms with Crippen LogP contribution in [0.15, 0.2) is 46.9 Å². The predicted molar refractivity (Wildman–Crippen MR) is 81.2 cm³/mol. The van der Waals surface area contributed by atoms with Crippen LogP contribution in [0.25, 0.3) is 0 Å². The van der Waals surface area contributed by atoms with E-state index in [4.69, 9.17) is 28.9 Å². The standard InChI is InChI=1S/C14H12BrCl2N/c1-14(18,9-2-5-11(15)6-3-9)10-4-7-12(16)13(17)8-10/h2-8H,18H2,1H3. The molecule has 18 heavy (non-hydrogen) atoms. The molecule has 0 aromatic heterocycles. The third-order valence-electron chi connectivity index (χ3n) is 2.96. The van der Waals surface area contributed by atoms with Crippen molar-refractivity contribution >= 4 is 39.1 Å². The summed E-state index contributed by atoms with van der Waals surface area (Å²) in [7, 11) is 0. The van der Waals surface area contributed by atoms with Crippen LogP contribution in [-0.4, -0.2) is 0 Å². The highest BCUT2D eigenvalue weighted by Crippen LogP contribution is 2.31. The Labute approximate surface area is 125 Å². The van der Waals surface area contributed by atoms with Gasteiger partial charge >= 0.3 is 0 Å². The van der Waals surface area contributed by atoms with Crippen molar-refractivity contribution in [3.05, 3.63) is 68.1 Å². The Bertz CT molecular complexity index is 565. The van der Waals surface area contributed by atoms with Gasteiger partial charge in [0.05, 0.1) is 15.6 Å². The van der Waals surface area contributed by atoms with Gasteiger partial charge in [0.2, 0.25) is 0 Å². The van der Waals surface area contributed by atoms with Crippen LogP contribution in [0.3, 0.4) is 0 Å². The summed E-state index contributed by atoms with van der Waals surface area (Å²) >= 11 is 15.4. The molecule has 2 N–H and O–H groups in total. The molecule has 2 aromatic rings. The van der Waals surface area contributed by atoms with E-state index in [9.17, 15) is 0 Å². The summed E-state index contributed by atoms with van der Waals surface area (Å²) in [4.78, 5) is 0. The topological polar surface area (TPSA) is 26.0 Å². The fourth-order valence-electron chi connectivity index (χ4n) is 1.78.